The van der Waals surface area contributed by atoms with Gasteiger partial charge in [0.2, 0.25) is 5.91 Å². The van der Waals surface area contributed by atoms with E-state index in [0.717, 1.165) is 11.0 Å². The van der Waals surface area contributed by atoms with Crippen LogP contribution >= 0.6 is 0 Å². The normalized spacial score (nSPS) is 15.7. The molecule has 0 aliphatic carbocycles. The van der Waals surface area contributed by atoms with Gasteiger partial charge in [0.15, 0.2) is 11.9 Å². The van der Waals surface area contributed by atoms with Crippen LogP contribution in [0.4, 0.5) is 21.7 Å². The number of nitrogens with one attached hydrogen (secondary N) is 1. The van der Waals surface area contributed by atoms with Crippen LogP contribution in [0, 0.1) is 15.9 Å². The van der Waals surface area contributed by atoms with E-state index >= 15 is 0 Å². The average Bonchev–Trinajstić information content (AvgIpc) is 2.65. The van der Waals surface area contributed by atoms with Crippen LogP contribution in [0.15, 0.2) is 36.4 Å². The summed E-state index contributed by atoms with van der Waals surface area (Å²) in [7, 11) is 0. The minimum absolute atomic E-state index is 0.0897. The summed E-state index contributed by atoms with van der Waals surface area (Å²) < 4.78 is 18.5. The number of aromatic nitrogens is 1. The van der Waals surface area contributed by atoms with E-state index in [2.05, 4.69) is 10.3 Å². The third-order valence-corrected chi connectivity index (χ3v) is 3.88. The van der Waals surface area contributed by atoms with E-state index in [-0.39, 0.29) is 11.6 Å². The molecule has 0 fully saturated rings. The number of amides is 2. The first-order valence-corrected chi connectivity index (χ1v) is 8.08. The highest BCUT2D eigenvalue weighted by Gasteiger charge is 2.39. The predicted molar refractivity (Wildman–Crippen MR) is 93.0 cm³/mol. The molecular formula is C17H15FN4O5. The van der Waals surface area contributed by atoms with Crippen molar-refractivity contribution < 1.29 is 23.6 Å². The summed E-state index contributed by atoms with van der Waals surface area (Å²) >= 11 is 0. The van der Waals surface area contributed by atoms with Gasteiger partial charge in [-0.3, -0.25) is 14.5 Å². The average molecular weight is 374 g/mol. The molecule has 3 rings (SSSR count). The number of fused-ring (bicyclic) bond motifs is 1. The zero-order valence-corrected chi connectivity index (χ0v) is 14.2. The molecule has 1 atom stereocenters. The number of halogens is 1. The van der Waals surface area contributed by atoms with Crippen LogP contribution < -0.4 is 15.0 Å². The minimum atomic E-state index is -0.820. The fourth-order valence-electron chi connectivity index (χ4n) is 2.58. The van der Waals surface area contributed by atoms with Crippen molar-refractivity contribution in [2.45, 2.75) is 19.4 Å². The highest BCUT2D eigenvalue weighted by Crippen LogP contribution is 2.34. The van der Waals surface area contributed by atoms with Crippen molar-refractivity contribution in [3.05, 3.63) is 52.3 Å². The van der Waals surface area contributed by atoms with Crippen LogP contribution in [0.25, 0.3) is 0 Å². The largest absolute Gasteiger partial charge is 0.474 e. The lowest BCUT2D eigenvalue weighted by Crippen LogP contribution is -2.49. The number of hydrogen-bond acceptors (Lipinski definition) is 6. The lowest BCUT2D eigenvalue weighted by molar-refractivity contribution is -0.389. The van der Waals surface area contributed by atoms with Crippen LogP contribution in [0.2, 0.25) is 0 Å². The van der Waals surface area contributed by atoms with Gasteiger partial charge in [0.25, 0.3) is 11.7 Å². The molecule has 1 aromatic heterocycles. The Bertz CT molecular complexity index is 903. The van der Waals surface area contributed by atoms with Gasteiger partial charge < -0.3 is 20.2 Å². The number of nitrogens with zero attached hydrogens (tertiary/aromatic N) is 3. The molecule has 2 amide bonds. The number of rotatable bonds is 5. The number of pyridine rings is 1. The first kappa shape index (κ1) is 18.2. The number of nitro groups is 1. The number of carbonyl (C=O) groups excluding carboxylic acids is 2. The third kappa shape index (κ3) is 3.84. The van der Waals surface area contributed by atoms with Crippen molar-refractivity contribution in [2.24, 2.45) is 0 Å². The molecule has 1 N–H and O–H groups in total. The zero-order valence-electron chi connectivity index (χ0n) is 14.2. The van der Waals surface area contributed by atoms with Crippen molar-refractivity contribution in [1.82, 2.24) is 4.98 Å². The van der Waals surface area contributed by atoms with E-state index in [9.17, 15) is 24.1 Å². The SMILES string of the molecule is CCC1Oc2ccc([N+](=O)[O-])nc2N(CC(=O)Nc2ccc(F)cc2)C1=O. The van der Waals surface area contributed by atoms with E-state index in [1.54, 1.807) is 6.92 Å². The molecule has 27 heavy (non-hydrogen) atoms. The Morgan fingerprint density at radius 3 is 2.67 bits per heavy atom. The summed E-state index contributed by atoms with van der Waals surface area (Å²) in [5.41, 5.74) is 0.348. The predicted octanol–water partition coefficient (Wildman–Crippen LogP) is 2.27. The van der Waals surface area contributed by atoms with E-state index in [1.807, 2.05) is 0 Å². The second-order valence-electron chi connectivity index (χ2n) is 5.74. The monoisotopic (exact) mass is 374 g/mol. The number of anilines is 2. The minimum Gasteiger partial charge on any atom is -0.474 e. The van der Waals surface area contributed by atoms with Crippen LogP contribution in [0.1, 0.15) is 13.3 Å². The van der Waals surface area contributed by atoms with Gasteiger partial charge in [0.1, 0.15) is 12.4 Å². The van der Waals surface area contributed by atoms with Crippen molar-refractivity contribution in [1.29, 1.82) is 0 Å². The lowest BCUT2D eigenvalue weighted by atomic mass is 10.2. The first-order chi connectivity index (χ1) is 12.9. The van der Waals surface area contributed by atoms with E-state index in [0.29, 0.717) is 12.1 Å². The molecule has 1 aromatic carbocycles. The molecule has 0 bridgehead atoms. The standard InChI is InChI=1S/C17H15FN4O5/c1-2-12-17(24)21(9-15(23)19-11-5-3-10(18)4-6-11)16-13(27-12)7-8-14(20-16)22(25)26/h3-8,12H,2,9H2,1H3,(H,19,23). The molecule has 0 spiro atoms. The second kappa shape index (κ2) is 7.36. The van der Waals surface area contributed by atoms with Crippen LogP contribution in [-0.2, 0) is 9.59 Å². The van der Waals surface area contributed by atoms with Crippen LogP contribution in [0.5, 0.6) is 5.75 Å². The fraction of sp³-hybridized carbons (Fsp3) is 0.235. The smallest absolute Gasteiger partial charge is 0.366 e. The topological polar surface area (TPSA) is 115 Å². The molecule has 9 nitrogen and oxygen atoms in total. The molecule has 10 heteroatoms. The van der Waals surface area contributed by atoms with Gasteiger partial charge in [-0.15, -0.1) is 0 Å². The highest BCUT2D eigenvalue weighted by atomic mass is 19.1. The molecule has 0 saturated heterocycles. The second-order valence-corrected chi connectivity index (χ2v) is 5.74. The Kier molecular flexibility index (Phi) is 4.97. The first-order valence-electron chi connectivity index (χ1n) is 8.08. The van der Waals surface area contributed by atoms with E-state index in [4.69, 9.17) is 4.74 Å². The van der Waals surface area contributed by atoms with Gasteiger partial charge in [-0.25, -0.2) is 4.39 Å². The van der Waals surface area contributed by atoms with Crippen molar-refractivity contribution in [3.8, 4) is 5.75 Å². The molecule has 1 aliphatic heterocycles. The van der Waals surface area contributed by atoms with E-state index in [1.165, 1.54) is 30.3 Å². The van der Waals surface area contributed by atoms with Gasteiger partial charge >= 0.3 is 5.82 Å². The molecule has 1 aliphatic rings. The molecule has 2 heterocycles. The fourth-order valence-corrected chi connectivity index (χ4v) is 2.58. The summed E-state index contributed by atoms with van der Waals surface area (Å²) in [5.74, 6) is -1.91. The summed E-state index contributed by atoms with van der Waals surface area (Å²) in [6.07, 6.45) is -0.467. The van der Waals surface area contributed by atoms with Gasteiger partial charge in [0.05, 0.1) is 0 Å². The number of ether oxygens (including phenoxy) is 1. The summed E-state index contributed by atoms with van der Waals surface area (Å²) in [6, 6.07) is 7.63. The Balaban J connectivity index is 1.87. The Hall–Kier alpha value is -3.56. The maximum Gasteiger partial charge on any atom is 0.366 e. The van der Waals surface area contributed by atoms with Gasteiger partial charge in [-0.05, 0) is 46.7 Å². The highest BCUT2D eigenvalue weighted by molar-refractivity contribution is 6.05. The Labute approximate surface area is 152 Å². The molecule has 0 saturated carbocycles. The Morgan fingerprint density at radius 1 is 1.33 bits per heavy atom. The van der Waals surface area contributed by atoms with Gasteiger partial charge in [-0.1, -0.05) is 6.92 Å². The maximum atomic E-state index is 13.0. The number of benzene rings is 1. The van der Waals surface area contributed by atoms with Crippen molar-refractivity contribution >= 4 is 29.1 Å². The maximum absolute atomic E-state index is 13.0. The summed E-state index contributed by atoms with van der Waals surface area (Å²) in [5, 5.41) is 13.5. The van der Waals surface area contributed by atoms with Gasteiger partial charge in [0, 0.05) is 11.8 Å². The molecule has 2 aromatic rings. The van der Waals surface area contributed by atoms with Gasteiger partial charge in [-0.2, -0.15) is 0 Å². The number of carbonyl (C=O) groups is 2. The van der Waals surface area contributed by atoms with Crippen molar-refractivity contribution in [3.63, 3.8) is 0 Å². The number of hydrogen-bond donors (Lipinski definition) is 1. The Morgan fingerprint density at radius 2 is 2.04 bits per heavy atom. The molecule has 0 radical (unpaired) electrons. The quantitative estimate of drug-likeness (QED) is 0.634. The summed E-state index contributed by atoms with van der Waals surface area (Å²) in [6.45, 7) is 1.32. The molecule has 1 unspecified atom stereocenters. The van der Waals surface area contributed by atoms with Crippen LogP contribution in [-0.4, -0.2) is 34.4 Å². The lowest BCUT2D eigenvalue weighted by Gasteiger charge is -2.30. The van der Waals surface area contributed by atoms with E-state index < -0.39 is 41.0 Å². The van der Waals surface area contributed by atoms with Crippen molar-refractivity contribution in [2.75, 3.05) is 16.8 Å². The molecular weight excluding hydrogens is 359 g/mol. The van der Waals surface area contributed by atoms with Crippen LogP contribution in [0.3, 0.4) is 0 Å². The third-order valence-electron chi connectivity index (χ3n) is 3.88. The zero-order chi connectivity index (χ0) is 19.6. The summed E-state index contributed by atoms with van der Waals surface area (Å²) in [4.78, 5) is 40.1. The molecule has 140 valence electrons.